The standard InChI is InChI=1S/C28H24ClN5O2S2/c29-21-10-6-20(7-11-21)27-18-26(33-34(27)24-14-16-25(17-15-24)38(30,35)36)19-8-12-23(13-9-19)32-28(37)31-22-4-2-1-3-5-22/h1-17,27H,18H2,(H2,30,35,36)(H2,31,32,37). The largest absolute Gasteiger partial charge is 0.332 e. The molecule has 0 bridgehead atoms. The summed E-state index contributed by atoms with van der Waals surface area (Å²) in [6, 6.07) is 31.6. The van der Waals surface area contributed by atoms with Crippen molar-refractivity contribution in [3.05, 3.63) is 119 Å². The summed E-state index contributed by atoms with van der Waals surface area (Å²) in [5.41, 5.74) is 5.43. The number of hydrogen-bond acceptors (Lipinski definition) is 5. The predicted octanol–water partition coefficient (Wildman–Crippen LogP) is 6.15. The third kappa shape index (κ3) is 6.03. The maximum absolute atomic E-state index is 11.7. The van der Waals surface area contributed by atoms with Gasteiger partial charge in [-0.1, -0.05) is 54.1 Å². The summed E-state index contributed by atoms with van der Waals surface area (Å²) in [5.74, 6) is 0. The minimum Gasteiger partial charge on any atom is -0.332 e. The minimum atomic E-state index is -3.79. The van der Waals surface area contributed by atoms with Gasteiger partial charge in [-0.2, -0.15) is 5.10 Å². The topological polar surface area (TPSA) is 99.8 Å². The number of para-hydroxylation sites is 1. The summed E-state index contributed by atoms with van der Waals surface area (Å²) in [7, 11) is -3.79. The third-order valence-corrected chi connectivity index (χ3v) is 7.49. The van der Waals surface area contributed by atoms with Crippen LogP contribution in [-0.4, -0.2) is 19.2 Å². The van der Waals surface area contributed by atoms with Gasteiger partial charge in [0, 0.05) is 22.8 Å². The molecule has 1 unspecified atom stereocenters. The first kappa shape index (κ1) is 25.9. The van der Waals surface area contributed by atoms with Crippen molar-refractivity contribution in [3.63, 3.8) is 0 Å². The molecule has 0 radical (unpaired) electrons. The molecule has 0 fully saturated rings. The molecule has 0 spiro atoms. The molecule has 0 aromatic heterocycles. The lowest BCUT2D eigenvalue weighted by molar-refractivity contribution is 0.597. The van der Waals surface area contributed by atoms with Gasteiger partial charge in [0.15, 0.2) is 5.11 Å². The number of thiocarbonyl (C=S) groups is 1. The number of nitrogens with zero attached hydrogens (tertiary/aromatic N) is 2. The lowest BCUT2D eigenvalue weighted by Crippen LogP contribution is -2.19. The van der Waals surface area contributed by atoms with Crippen LogP contribution in [0.5, 0.6) is 0 Å². The van der Waals surface area contributed by atoms with Crippen LogP contribution in [0.3, 0.4) is 0 Å². The number of hydrogen-bond donors (Lipinski definition) is 3. The Morgan fingerprint density at radius 1 is 0.868 bits per heavy atom. The lowest BCUT2D eigenvalue weighted by atomic mass is 9.98. The van der Waals surface area contributed by atoms with Crippen LogP contribution in [0.1, 0.15) is 23.6 Å². The van der Waals surface area contributed by atoms with Crippen LogP contribution in [0, 0.1) is 0 Å². The summed E-state index contributed by atoms with van der Waals surface area (Å²) in [5, 5.41) is 19.6. The van der Waals surface area contributed by atoms with Crippen molar-refractivity contribution in [2.45, 2.75) is 17.4 Å². The van der Waals surface area contributed by atoms with Crippen LogP contribution in [0.2, 0.25) is 5.02 Å². The second-order valence-electron chi connectivity index (χ2n) is 8.72. The fourth-order valence-electron chi connectivity index (χ4n) is 4.22. The average molecular weight is 562 g/mol. The van der Waals surface area contributed by atoms with Gasteiger partial charge in [0.25, 0.3) is 0 Å². The first-order chi connectivity index (χ1) is 18.3. The second kappa shape index (κ2) is 10.9. The Labute approximate surface area is 232 Å². The highest BCUT2D eigenvalue weighted by molar-refractivity contribution is 7.89. The molecule has 1 aliphatic heterocycles. The number of primary sulfonamides is 1. The molecular formula is C28H24ClN5O2S2. The Bertz CT molecular complexity index is 1580. The van der Waals surface area contributed by atoms with E-state index in [2.05, 4.69) is 10.6 Å². The summed E-state index contributed by atoms with van der Waals surface area (Å²) >= 11 is 11.6. The molecule has 4 N–H and O–H groups in total. The first-order valence-electron chi connectivity index (χ1n) is 11.7. The minimum absolute atomic E-state index is 0.0513. The summed E-state index contributed by atoms with van der Waals surface area (Å²) in [6.45, 7) is 0. The SMILES string of the molecule is NS(=O)(=O)c1ccc(N2N=C(c3ccc(NC(=S)Nc4ccccc4)cc3)CC2c2ccc(Cl)cc2)cc1. The molecule has 4 aromatic carbocycles. The van der Waals surface area contributed by atoms with Gasteiger partial charge in [0.1, 0.15) is 0 Å². The van der Waals surface area contributed by atoms with Crippen LogP contribution in [0.15, 0.2) is 113 Å². The molecule has 10 heteroatoms. The van der Waals surface area contributed by atoms with Gasteiger partial charge in [-0.15, -0.1) is 0 Å². The van der Waals surface area contributed by atoms with Gasteiger partial charge in [-0.25, -0.2) is 13.6 Å². The Morgan fingerprint density at radius 2 is 1.47 bits per heavy atom. The average Bonchev–Trinajstić information content (AvgIpc) is 3.35. The van der Waals surface area contributed by atoms with E-state index in [4.69, 9.17) is 34.1 Å². The number of sulfonamides is 1. The molecule has 1 heterocycles. The zero-order valence-corrected chi connectivity index (χ0v) is 22.5. The van der Waals surface area contributed by atoms with Crippen LogP contribution in [0.25, 0.3) is 0 Å². The molecule has 7 nitrogen and oxygen atoms in total. The first-order valence-corrected chi connectivity index (χ1v) is 14.1. The van der Waals surface area contributed by atoms with Gasteiger partial charge in [-0.05, 0) is 84.0 Å². The van der Waals surface area contributed by atoms with E-state index in [1.807, 2.05) is 83.9 Å². The van der Waals surface area contributed by atoms with Gasteiger partial charge in [-0.3, -0.25) is 5.01 Å². The van der Waals surface area contributed by atoms with E-state index in [0.29, 0.717) is 16.6 Å². The quantitative estimate of drug-likeness (QED) is 0.244. The number of anilines is 3. The number of nitrogens with one attached hydrogen (secondary N) is 2. The fraction of sp³-hybridized carbons (Fsp3) is 0.0714. The van der Waals surface area contributed by atoms with Crippen LogP contribution in [-0.2, 0) is 10.0 Å². The second-order valence-corrected chi connectivity index (χ2v) is 11.1. The van der Waals surface area contributed by atoms with Crippen molar-refractivity contribution in [3.8, 4) is 0 Å². The van der Waals surface area contributed by atoms with E-state index in [1.54, 1.807) is 12.1 Å². The number of benzene rings is 4. The molecule has 5 rings (SSSR count). The molecular weight excluding hydrogens is 538 g/mol. The molecule has 4 aromatic rings. The van der Waals surface area contributed by atoms with Crippen molar-refractivity contribution in [2.75, 3.05) is 15.6 Å². The maximum atomic E-state index is 11.7. The van der Waals surface area contributed by atoms with Crippen LogP contribution < -0.4 is 20.8 Å². The van der Waals surface area contributed by atoms with Crippen molar-refractivity contribution in [2.24, 2.45) is 10.2 Å². The van der Waals surface area contributed by atoms with Crippen molar-refractivity contribution >= 4 is 61.7 Å². The smallest absolute Gasteiger partial charge is 0.238 e. The molecule has 0 aliphatic carbocycles. The lowest BCUT2D eigenvalue weighted by Gasteiger charge is -2.24. The molecule has 192 valence electrons. The van der Waals surface area contributed by atoms with E-state index >= 15 is 0 Å². The molecule has 1 atom stereocenters. The Hall–Kier alpha value is -3.76. The predicted molar refractivity (Wildman–Crippen MR) is 158 cm³/mol. The Kier molecular flexibility index (Phi) is 7.44. The zero-order chi connectivity index (χ0) is 26.7. The van der Waals surface area contributed by atoms with E-state index in [-0.39, 0.29) is 10.9 Å². The highest BCUT2D eigenvalue weighted by Crippen LogP contribution is 2.37. The van der Waals surface area contributed by atoms with Crippen LogP contribution >= 0.6 is 23.8 Å². The van der Waals surface area contributed by atoms with Crippen molar-refractivity contribution < 1.29 is 8.42 Å². The van der Waals surface area contributed by atoms with Gasteiger partial charge in [0.05, 0.1) is 22.3 Å². The van der Waals surface area contributed by atoms with Crippen molar-refractivity contribution in [1.82, 2.24) is 0 Å². The Morgan fingerprint density at radius 3 is 2.08 bits per heavy atom. The fourth-order valence-corrected chi connectivity index (χ4v) is 5.09. The molecule has 0 amide bonds. The zero-order valence-electron chi connectivity index (χ0n) is 20.1. The van der Waals surface area contributed by atoms with Gasteiger partial charge in [0.2, 0.25) is 10.0 Å². The number of halogens is 1. The number of rotatable bonds is 6. The maximum Gasteiger partial charge on any atom is 0.238 e. The van der Waals surface area contributed by atoms with Crippen molar-refractivity contribution in [1.29, 1.82) is 0 Å². The molecule has 38 heavy (non-hydrogen) atoms. The van der Waals surface area contributed by atoms with E-state index < -0.39 is 10.0 Å². The number of hydrazone groups is 1. The Balaban J connectivity index is 1.38. The van der Waals surface area contributed by atoms with Crippen LogP contribution in [0.4, 0.5) is 17.1 Å². The van der Waals surface area contributed by atoms with Gasteiger partial charge < -0.3 is 10.6 Å². The molecule has 0 saturated carbocycles. The molecule has 1 aliphatic rings. The summed E-state index contributed by atoms with van der Waals surface area (Å²) in [4.78, 5) is 0.0513. The summed E-state index contributed by atoms with van der Waals surface area (Å²) < 4.78 is 23.4. The van der Waals surface area contributed by atoms with E-state index in [9.17, 15) is 8.42 Å². The van der Waals surface area contributed by atoms with Gasteiger partial charge >= 0.3 is 0 Å². The third-order valence-electron chi connectivity index (χ3n) is 6.10. The highest BCUT2D eigenvalue weighted by atomic mass is 35.5. The summed E-state index contributed by atoms with van der Waals surface area (Å²) in [6.07, 6.45) is 0.652. The van der Waals surface area contributed by atoms with E-state index in [1.165, 1.54) is 12.1 Å². The molecule has 0 saturated heterocycles. The highest BCUT2D eigenvalue weighted by Gasteiger charge is 2.30. The monoisotopic (exact) mass is 561 g/mol. The normalized spacial score (nSPS) is 15.2. The van der Waals surface area contributed by atoms with E-state index in [0.717, 1.165) is 33.9 Å². The number of nitrogens with two attached hydrogens (primary N) is 1.